The molecular formula is C27H27NO6. The molecule has 0 unspecified atom stereocenters. The third-order valence-corrected chi connectivity index (χ3v) is 4.99. The molecule has 34 heavy (non-hydrogen) atoms. The van der Waals surface area contributed by atoms with Crippen molar-refractivity contribution in [1.29, 1.82) is 0 Å². The Morgan fingerprint density at radius 3 is 2.03 bits per heavy atom. The third-order valence-electron chi connectivity index (χ3n) is 4.99. The number of benzene rings is 3. The van der Waals surface area contributed by atoms with E-state index in [2.05, 4.69) is 5.32 Å². The molecule has 0 radical (unpaired) electrons. The normalized spacial score (nSPS) is 10.9. The summed E-state index contributed by atoms with van der Waals surface area (Å²) in [7, 11) is 6.23. The smallest absolute Gasteiger partial charge is 0.248 e. The summed E-state index contributed by atoms with van der Waals surface area (Å²) >= 11 is 0. The SMILES string of the molecule is COc1ccccc1/C=C/C(=O)Nc1ccc(/C=C/c2cc(OC)c(OC)c(OC)c2)cc1O. The van der Waals surface area contributed by atoms with Crippen molar-refractivity contribution in [2.24, 2.45) is 0 Å². The Bertz CT molecular complexity index is 1190. The number of carbonyl (C=O) groups excluding carboxylic acids is 1. The molecule has 7 nitrogen and oxygen atoms in total. The van der Waals surface area contributed by atoms with Crippen molar-refractivity contribution in [2.75, 3.05) is 33.8 Å². The van der Waals surface area contributed by atoms with Crippen LogP contribution in [0.15, 0.2) is 60.7 Å². The number of anilines is 1. The predicted octanol–water partition coefficient (Wildman–Crippen LogP) is 5.25. The van der Waals surface area contributed by atoms with Crippen molar-refractivity contribution in [3.63, 3.8) is 0 Å². The fourth-order valence-corrected chi connectivity index (χ4v) is 3.29. The lowest BCUT2D eigenvalue weighted by molar-refractivity contribution is -0.111. The van der Waals surface area contributed by atoms with E-state index in [9.17, 15) is 9.90 Å². The lowest BCUT2D eigenvalue weighted by Gasteiger charge is -2.12. The number of amides is 1. The molecule has 0 bridgehead atoms. The fourth-order valence-electron chi connectivity index (χ4n) is 3.29. The minimum absolute atomic E-state index is 0.0499. The molecule has 2 N–H and O–H groups in total. The Labute approximate surface area is 198 Å². The fraction of sp³-hybridized carbons (Fsp3) is 0.148. The first-order valence-electron chi connectivity index (χ1n) is 10.4. The number of methoxy groups -OCH3 is 4. The molecular weight excluding hydrogens is 434 g/mol. The Kier molecular flexibility index (Phi) is 8.18. The van der Waals surface area contributed by atoms with E-state index in [0.29, 0.717) is 28.7 Å². The van der Waals surface area contributed by atoms with E-state index in [1.807, 2.05) is 48.6 Å². The topological polar surface area (TPSA) is 86.3 Å². The Hall–Kier alpha value is -4.39. The predicted molar refractivity (Wildman–Crippen MR) is 134 cm³/mol. The highest BCUT2D eigenvalue weighted by Crippen LogP contribution is 2.38. The zero-order valence-electron chi connectivity index (χ0n) is 19.5. The second-order valence-corrected chi connectivity index (χ2v) is 7.13. The monoisotopic (exact) mass is 461 g/mol. The number of rotatable bonds is 9. The Morgan fingerprint density at radius 2 is 1.41 bits per heavy atom. The lowest BCUT2D eigenvalue weighted by atomic mass is 10.1. The van der Waals surface area contributed by atoms with E-state index < -0.39 is 0 Å². The molecule has 7 heteroatoms. The van der Waals surface area contributed by atoms with Crippen LogP contribution in [0.5, 0.6) is 28.7 Å². The molecule has 0 heterocycles. The van der Waals surface area contributed by atoms with Crippen molar-refractivity contribution >= 4 is 29.8 Å². The molecule has 0 aliphatic heterocycles. The summed E-state index contributed by atoms with van der Waals surface area (Å²) in [6, 6.07) is 16.0. The Morgan fingerprint density at radius 1 is 0.765 bits per heavy atom. The summed E-state index contributed by atoms with van der Waals surface area (Å²) in [5.74, 6) is 1.84. The number of nitrogens with one attached hydrogen (secondary N) is 1. The van der Waals surface area contributed by atoms with Crippen molar-refractivity contribution in [3.8, 4) is 28.7 Å². The first kappa shape index (κ1) is 24.3. The number of aromatic hydroxyl groups is 1. The van der Waals surface area contributed by atoms with Crippen LogP contribution in [-0.2, 0) is 4.79 Å². The van der Waals surface area contributed by atoms with Crippen LogP contribution in [-0.4, -0.2) is 39.5 Å². The van der Waals surface area contributed by atoms with Gasteiger partial charge in [-0.3, -0.25) is 4.79 Å². The minimum Gasteiger partial charge on any atom is -0.506 e. The van der Waals surface area contributed by atoms with Gasteiger partial charge in [0.25, 0.3) is 0 Å². The van der Waals surface area contributed by atoms with Gasteiger partial charge in [-0.2, -0.15) is 0 Å². The zero-order chi connectivity index (χ0) is 24.5. The van der Waals surface area contributed by atoms with Crippen LogP contribution >= 0.6 is 0 Å². The van der Waals surface area contributed by atoms with Crippen LogP contribution < -0.4 is 24.3 Å². The van der Waals surface area contributed by atoms with Gasteiger partial charge < -0.3 is 29.4 Å². The molecule has 0 saturated heterocycles. The van der Waals surface area contributed by atoms with Gasteiger partial charge >= 0.3 is 0 Å². The van der Waals surface area contributed by atoms with Crippen LogP contribution in [0.3, 0.4) is 0 Å². The van der Waals surface area contributed by atoms with Crippen LogP contribution in [0.25, 0.3) is 18.2 Å². The number of hydrogen-bond acceptors (Lipinski definition) is 6. The van der Waals surface area contributed by atoms with Gasteiger partial charge in [0.15, 0.2) is 11.5 Å². The van der Waals surface area contributed by atoms with E-state index in [-0.39, 0.29) is 11.7 Å². The highest BCUT2D eigenvalue weighted by Gasteiger charge is 2.12. The molecule has 0 saturated carbocycles. The number of phenols is 1. The van der Waals surface area contributed by atoms with Crippen molar-refractivity contribution < 1.29 is 28.8 Å². The zero-order valence-corrected chi connectivity index (χ0v) is 19.5. The molecule has 3 aromatic carbocycles. The minimum atomic E-state index is -0.373. The standard InChI is InChI=1S/C27H27NO6/c1-31-23-8-6-5-7-20(23)12-14-26(30)28-21-13-11-18(15-22(21)29)9-10-19-16-24(32-2)27(34-4)25(17-19)33-3/h5-17,29H,1-4H3,(H,28,30)/b10-9+,14-12+. The summed E-state index contributed by atoms with van der Waals surface area (Å²) < 4.78 is 21.4. The van der Waals surface area contributed by atoms with Gasteiger partial charge in [-0.1, -0.05) is 36.4 Å². The summed E-state index contributed by atoms with van der Waals surface area (Å²) in [6.07, 6.45) is 6.72. The largest absolute Gasteiger partial charge is 0.506 e. The van der Waals surface area contributed by atoms with Crippen molar-refractivity contribution in [2.45, 2.75) is 0 Å². The summed E-state index contributed by atoms with van der Waals surface area (Å²) in [5, 5.41) is 13.1. The number of para-hydroxylation sites is 1. The number of carbonyl (C=O) groups is 1. The van der Waals surface area contributed by atoms with Gasteiger partial charge in [0.1, 0.15) is 11.5 Å². The van der Waals surface area contributed by atoms with E-state index >= 15 is 0 Å². The van der Waals surface area contributed by atoms with Gasteiger partial charge in [-0.15, -0.1) is 0 Å². The van der Waals surface area contributed by atoms with Crippen LogP contribution in [0.1, 0.15) is 16.7 Å². The average molecular weight is 462 g/mol. The number of phenolic OH excluding ortho intramolecular Hbond substituents is 1. The third kappa shape index (κ3) is 5.89. The maximum absolute atomic E-state index is 12.3. The van der Waals surface area contributed by atoms with Gasteiger partial charge in [0.05, 0.1) is 34.1 Å². The first-order valence-corrected chi connectivity index (χ1v) is 10.4. The van der Waals surface area contributed by atoms with E-state index in [0.717, 1.165) is 16.7 Å². The summed E-state index contributed by atoms with van der Waals surface area (Å²) in [5.41, 5.74) is 2.65. The quantitative estimate of drug-likeness (QED) is 0.257. The highest BCUT2D eigenvalue weighted by atomic mass is 16.5. The molecule has 0 spiro atoms. The molecule has 0 aliphatic rings. The molecule has 3 rings (SSSR count). The second kappa shape index (κ2) is 11.5. The van der Waals surface area contributed by atoms with E-state index in [4.69, 9.17) is 18.9 Å². The molecule has 176 valence electrons. The second-order valence-electron chi connectivity index (χ2n) is 7.13. The molecule has 0 aromatic heterocycles. The Balaban J connectivity index is 1.72. The highest BCUT2D eigenvalue weighted by molar-refractivity contribution is 6.03. The summed E-state index contributed by atoms with van der Waals surface area (Å²) in [6.45, 7) is 0. The van der Waals surface area contributed by atoms with Gasteiger partial charge in [0, 0.05) is 11.6 Å². The molecule has 0 atom stereocenters. The van der Waals surface area contributed by atoms with Gasteiger partial charge in [-0.25, -0.2) is 0 Å². The lowest BCUT2D eigenvalue weighted by Crippen LogP contribution is -2.07. The van der Waals surface area contributed by atoms with Gasteiger partial charge in [0.2, 0.25) is 11.7 Å². The number of hydrogen-bond donors (Lipinski definition) is 2. The maximum atomic E-state index is 12.3. The van der Waals surface area contributed by atoms with Crippen LogP contribution in [0, 0.1) is 0 Å². The maximum Gasteiger partial charge on any atom is 0.248 e. The van der Waals surface area contributed by atoms with E-state index in [1.54, 1.807) is 52.7 Å². The molecule has 3 aromatic rings. The van der Waals surface area contributed by atoms with E-state index in [1.165, 1.54) is 6.08 Å². The average Bonchev–Trinajstić information content (AvgIpc) is 2.87. The first-order chi connectivity index (χ1) is 16.5. The van der Waals surface area contributed by atoms with Crippen LogP contribution in [0.2, 0.25) is 0 Å². The van der Waals surface area contributed by atoms with Gasteiger partial charge in [-0.05, 0) is 47.5 Å². The van der Waals surface area contributed by atoms with Crippen LogP contribution in [0.4, 0.5) is 5.69 Å². The summed E-state index contributed by atoms with van der Waals surface area (Å²) in [4.78, 5) is 12.3. The van der Waals surface area contributed by atoms with Crippen molar-refractivity contribution in [3.05, 3.63) is 77.4 Å². The molecule has 0 aliphatic carbocycles. The molecule has 0 fully saturated rings. The van der Waals surface area contributed by atoms with Crippen molar-refractivity contribution in [1.82, 2.24) is 0 Å². The molecule has 1 amide bonds. The number of ether oxygens (including phenoxy) is 4.